The highest BCUT2D eigenvalue weighted by Crippen LogP contribution is 2.29. The third-order valence-electron chi connectivity index (χ3n) is 3.09. The van der Waals surface area contributed by atoms with Gasteiger partial charge in [-0.25, -0.2) is 8.78 Å². The zero-order valence-electron chi connectivity index (χ0n) is 11.2. The van der Waals surface area contributed by atoms with Crippen molar-refractivity contribution in [3.05, 3.63) is 33.9 Å². The van der Waals surface area contributed by atoms with Gasteiger partial charge in [-0.15, -0.1) is 0 Å². The lowest BCUT2D eigenvalue weighted by Crippen LogP contribution is -2.25. The molecule has 8 heteroatoms. The Morgan fingerprint density at radius 1 is 1.38 bits per heavy atom. The van der Waals surface area contributed by atoms with Gasteiger partial charge in [-0.3, -0.25) is 14.9 Å². The van der Waals surface area contributed by atoms with Gasteiger partial charge in [0, 0.05) is 25.1 Å². The topological polar surface area (TPSA) is 84.3 Å². The molecule has 1 saturated carbocycles. The second-order valence-corrected chi connectivity index (χ2v) is 4.88. The summed E-state index contributed by atoms with van der Waals surface area (Å²) >= 11 is 0. The van der Waals surface area contributed by atoms with Crippen molar-refractivity contribution in [1.82, 2.24) is 5.32 Å². The van der Waals surface area contributed by atoms with E-state index >= 15 is 0 Å². The fourth-order valence-electron chi connectivity index (χ4n) is 1.85. The minimum atomic E-state index is -1.29. The van der Waals surface area contributed by atoms with Crippen LogP contribution in [0.2, 0.25) is 0 Å². The molecular weight excluding hydrogens is 284 g/mol. The number of nitro benzene ring substituents is 1. The fourth-order valence-corrected chi connectivity index (χ4v) is 1.85. The van der Waals surface area contributed by atoms with Crippen molar-refractivity contribution in [2.45, 2.75) is 31.7 Å². The van der Waals surface area contributed by atoms with Crippen molar-refractivity contribution in [3.63, 3.8) is 0 Å². The van der Waals surface area contributed by atoms with Gasteiger partial charge in [0.2, 0.25) is 5.91 Å². The molecule has 6 nitrogen and oxygen atoms in total. The van der Waals surface area contributed by atoms with Crippen molar-refractivity contribution in [2.24, 2.45) is 0 Å². The Bertz CT molecular complexity index is 562. The molecule has 0 radical (unpaired) electrons. The molecule has 1 aromatic rings. The third kappa shape index (κ3) is 4.11. The molecule has 0 aromatic heterocycles. The Kier molecular flexibility index (Phi) is 4.66. The zero-order chi connectivity index (χ0) is 15.4. The van der Waals surface area contributed by atoms with Gasteiger partial charge < -0.3 is 10.6 Å². The first kappa shape index (κ1) is 15.1. The minimum absolute atomic E-state index is 0.103. The molecule has 0 unspecified atom stereocenters. The van der Waals surface area contributed by atoms with Gasteiger partial charge in [0.05, 0.1) is 4.92 Å². The number of hydrogen-bond donors (Lipinski definition) is 2. The lowest BCUT2D eigenvalue weighted by atomic mass is 10.2. The van der Waals surface area contributed by atoms with Crippen LogP contribution in [0.4, 0.5) is 20.2 Å². The Morgan fingerprint density at radius 3 is 2.71 bits per heavy atom. The van der Waals surface area contributed by atoms with E-state index in [0.29, 0.717) is 12.5 Å². The molecule has 0 saturated heterocycles. The molecular formula is C13H15F2N3O3. The Labute approximate surface area is 119 Å². The summed E-state index contributed by atoms with van der Waals surface area (Å²) in [4.78, 5) is 21.4. The van der Waals surface area contributed by atoms with Crippen LogP contribution in [0, 0.1) is 21.7 Å². The van der Waals surface area contributed by atoms with E-state index in [9.17, 15) is 23.7 Å². The van der Waals surface area contributed by atoms with E-state index in [0.717, 1.165) is 18.9 Å². The van der Waals surface area contributed by atoms with E-state index in [1.807, 2.05) is 0 Å². The molecule has 114 valence electrons. The molecule has 0 atom stereocenters. The largest absolute Gasteiger partial charge is 0.377 e. The molecule has 0 aliphatic heterocycles. The van der Waals surface area contributed by atoms with Gasteiger partial charge in [-0.1, -0.05) is 0 Å². The molecule has 0 bridgehead atoms. The number of hydrogen-bond acceptors (Lipinski definition) is 4. The zero-order valence-corrected chi connectivity index (χ0v) is 11.2. The second kappa shape index (κ2) is 6.47. The number of halogens is 2. The number of carbonyl (C=O) groups excluding carboxylic acids is 1. The molecule has 2 rings (SSSR count). The normalized spacial score (nSPS) is 13.8. The quantitative estimate of drug-likeness (QED) is 0.460. The number of carbonyl (C=O) groups is 1. The summed E-state index contributed by atoms with van der Waals surface area (Å²) in [7, 11) is 0. The standard InChI is InChI=1S/C13H15F2N3O3/c14-9-5-6-10(18(20)21)13(12(9)15)16-7-1-2-11(19)17-8-3-4-8/h5-6,8,16H,1-4,7H2,(H,17,19). The predicted molar refractivity (Wildman–Crippen MR) is 71.9 cm³/mol. The molecule has 1 aliphatic rings. The summed E-state index contributed by atoms with van der Waals surface area (Å²) in [5, 5.41) is 16.1. The van der Waals surface area contributed by atoms with Crippen LogP contribution in [0.5, 0.6) is 0 Å². The van der Waals surface area contributed by atoms with Gasteiger partial charge in [0.1, 0.15) is 0 Å². The number of nitrogens with one attached hydrogen (secondary N) is 2. The van der Waals surface area contributed by atoms with Crippen molar-refractivity contribution in [3.8, 4) is 0 Å². The molecule has 1 fully saturated rings. The maximum absolute atomic E-state index is 13.6. The van der Waals surface area contributed by atoms with Gasteiger partial charge in [0.15, 0.2) is 17.3 Å². The molecule has 1 aromatic carbocycles. The van der Waals surface area contributed by atoms with Crippen molar-refractivity contribution in [2.75, 3.05) is 11.9 Å². The number of anilines is 1. The highest BCUT2D eigenvalue weighted by Gasteiger charge is 2.23. The van der Waals surface area contributed by atoms with E-state index in [1.165, 1.54) is 0 Å². The highest BCUT2D eigenvalue weighted by atomic mass is 19.2. The summed E-state index contributed by atoms with van der Waals surface area (Å²) < 4.78 is 26.7. The molecule has 21 heavy (non-hydrogen) atoms. The van der Waals surface area contributed by atoms with Gasteiger partial charge in [-0.2, -0.15) is 0 Å². The van der Waals surface area contributed by atoms with Crippen molar-refractivity contribution >= 4 is 17.3 Å². The molecule has 0 spiro atoms. The SMILES string of the molecule is O=C(CCCNc1c([N+](=O)[O-])ccc(F)c1F)NC1CC1. The van der Waals surface area contributed by atoms with E-state index in [-0.39, 0.29) is 24.9 Å². The number of amides is 1. The van der Waals surface area contributed by atoms with Gasteiger partial charge >= 0.3 is 0 Å². The summed E-state index contributed by atoms with van der Waals surface area (Å²) in [6.07, 6.45) is 2.58. The van der Waals surface area contributed by atoms with E-state index < -0.39 is 27.9 Å². The smallest absolute Gasteiger partial charge is 0.295 e. The van der Waals surface area contributed by atoms with E-state index in [4.69, 9.17) is 0 Å². The monoisotopic (exact) mass is 299 g/mol. The molecule has 1 amide bonds. The van der Waals surface area contributed by atoms with Gasteiger partial charge in [-0.05, 0) is 25.3 Å². The lowest BCUT2D eigenvalue weighted by Gasteiger charge is -2.08. The Morgan fingerprint density at radius 2 is 2.10 bits per heavy atom. The van der Waals surface area contributed by atoms with Crippen molar-refractivity contribution < 1.29 is 18.5 Å². The van der Waals surface area contributed by atoms with Crippen molar-refractivity contribution in [1.29, 1.82) is 0 Å². The first-order valence-electron chi connectivity index (χ1n) is 6.64. The lowest BCUT2D eigenvalue weighted by molar-refractivity contribution is -0.384. The molecule has 1 aliphatic carbocycles. The first-order valence-corrected chi connectivity index (χ1v) is 6.64. The van der Waals surface area contributed by atoms with Crippen LogP contribution in [0.15, 0.2) is 12.1 Å². The Balaban J connectivity index is 1.88. The van der Waals surface area contributed by atoms with Crippen LogP contribution in [0.3, 0.4) is 0 Å². The van der Waals surface area contributed by atoms with Gasteiger partial charge in [0.25, 0.3) is 5.69 Å². The van der Waals surface area contributed by atoms with Crippen LogP contribution in [-0.2, 0) is 4.79 Å². The van der Waals surface area contributed by atoms with Crippen LogP contribution >= 0.6 is 0 Å². The summed E-state index contributed by atoms with van der Waals surface area (Å²) in [5.74, 6) is -2.55. The van der Waals surface area contributed by atoms with Crippen LogP contribution in [0.25, 0.3) is 0 Å². The highest BCUT2D eigenvalue weighted by molar-refractivity contribution is 5.76. The fraction of sp³-hybridized carbons (Fsp3) is 0.462. The second-order valence-electron chi connectivity index (χ2n) is 4.88. The average molecular weight is 299 g/mol. The predicted octanol–water partition coefficient (Wildman–Crippen LogP) is 2.34. The minimum Gasteiger partial charge on any atom is -0.377 e. The third-order valence-corrected chi connectivity index (χ3v) is 3.09. The maximum atomic E-state index is 13.6. The van der Waals surface area contributed by atoms with Crippen LogP contribution < -0.4 is 10.6 Å². The number of nitro groups is 1. The summed E-state index contributed by atoms with van der Waals surface area (Å²) in [5.41, 5.74) is -1.01. The maximum Gasteiger partial charge on any atom is 0.295 e. The Hall–Kier alpha value is -2.25. The number of rotatable bonds is 7. The summed E-state index contributed by atoms with van der Waals surface area (Å²) in [6, 6.07) is 1.88. The number of nitrogens with zero attached hydrogens (tertiary/aromatic N) is 1. The average Bonchev–Trinajstić information content (AvgIpc) is 3.22. The molecule has 0 heterocycles. The molecule has 2 N–H and O–H groups in total. The number of benzene rings is 1. The summed E-state index contributed by atoms with van der Waals surface area (Å²) in [6.45, 7) is 0.138. The first-order chi connectivity index (χ1) is 9.99. The van der Waals surface area contributed by atoms with Crippen LogP contribution in [0.1, 0.15) is 25.7 Å². The van der Waals surface area contributed by atoms with E-state index in [2.05, 4.69) is 10.6 Å². The van der Waals surface area contributed by atoms with Crippen LogP contribution in [-0.4, -0.2) is 23.4 Å². The van der Waals surface area contributed by atoms with E-state index in [1.54, 1.807) is 0 Å².